The van der Waals surface area contributed by atoms with Crippen LogP contribution in [-0.4, -0.2) is 28.7 Å². The van der Waals surface area contributed by atoms with E-state index in [1.165, 1.54) is 17.3 Å². The van der Waals surface area contributed by atoms with Gasteiger partial charge in [0.2, 0.25) is 0 Å². The van der Waals surface area contributed by atoms with Crippen molar-refractivity contribution in [2.24, 2.45) is 11.8 Å². The van der Waals surface area contributed by atoms with Crippen LogP contribution in [0, 0.1) is 11.8 Å². The molecule has 3 aromatic rings. The van der Waals surface area contributed by atoms with Crippen molar-refractivity contribution >= 4 is 28.3 Å². The molecule has 0 aliphatic rings. The summed E-state index contributed by atoms with van der Waals surface area (Å²) in [6, 6.07) is 23.2. The molecule has 0 aromatic heterocycles. The van der Waals surface area contributed by atoms with Crippen LogP contribution in [0.2, 0.25) is 0 Å². The highest BCUT2D eigenvalue weighted by molar-refractivity contribution is 8.13. The number of rotatable bonds is 11. The summed E-state index contributed by atoms with van der Waals surface area (Å²) in [4.78, 5) is 16.7. The van der Waals surface area contributed by atoms with Crippen molar-refractivity contribution < 1.29 is 9.90 Å². The van der Waals surface area contributed by atoms with E-state index in [0.29, 0.717) is 24.0 Å². The lowest BCUT2D eigenvalue weighted by Crippen LogP contribution is -2.32. The van der Waals surface area contributed by atoms with E-state index in [0.717, 1.165) is 40.4 Å². The number of para-hydroxylation sites is 1. The van der Waals surface area contributed by atoms with E-state index in [1.54, 1.807) is 0 Å². The van der Waals surface area contributed by atoms with Gasteiger partial charge in [-0.1, -0.05) is 104 Å². The Bertz CT molecular complexity index is 1270. The summed E-state index contributed by atoms with van der Waals surface area (Å²) in [5.74, 6) is 1.19. The molecule has 3 aromatic carbocycles. The van der Waals surface area contributed by atoms with Gasteiger partial charge in [0.05, 0.1) is 0 Å². The molecule has 2 N–H and O–H groups in total. The zero-order valence-corrected chi connectivity index (χ0v) is 28.2. The number of hydrogen-bond acceptors (Lipinski definition) is 5. The monoisotopic (exact) mass is 588 g/mol. The Balaban J connectivity index is 1.76. The molecule has 0 radical (unpaired) electrons. The molecule has 0 saturated heterocycles. The second-order valence-corrected chi connectivity index (χ2v) is 15.4. The number of aromatic hydroxyl groups is 1. The minimum Gasteiger partial charge on any atom is -0.507 e. The highest BCUT2D eigenvalue weighted by Gasteiger charge is 2.28. The van der Waals surface area contributed by atoms with Gasteiger partial charge in [0.25, 0.3) is 0 Å². The quantitative estimate of drug-likeness (QED) is 0.218. The lowest BCUT2D eigenvalue weighted by atomic mass is 9.79. The van der Waals surface area contributed by atoms with E-state index >= 15 is 0 Å². The Morgan fingerprint density at radius 3 is 1.88 bits per heavy atom. The molecule has 4 nitrogen and oxygen atoms in total. The van der Waals surface area contributed by atoms with Crippen molar-refractivity contribution in [3.05, 3.63) is 83.4 Å². The van der Waals surface area contributed by atoms with E-state index in [-0.39, 0.29) is 22.0 Å². The molecule has 0 aliphatic heterocycles. The van der Waals surface area contributed by atoms with E-state index < -0.39 is 0 Å². The zero-order valence-electron chi connectivity index (χ0n) is 27.4. The highest BCUT2D eigenvalue weighted by atomic mass is 32.2. The number of benzene rings is 3. The van der Waals surface area contributed by atoms with Crippen LogP contribution in [0.1, 0.15) is 97.9 Å². The smallest absolute Gasteiger partial charge is 0.193 e. The maximum Gasteiger partial charge on any atom is 0.193 e. The van der Waals surface area contributed by atoms with Crippen LogP contribution in [-0.2, 0) is 15.6 Å². The second kappa shape index (κ2) is 14.1. The molecule has 0 heterocycles. The summed E-state index contributed by atoms with van der Waals surface area (Å²) in [6.45, 7) is 20.4. The summed E-state index contributed by atoms with van der Waals surface area (Å²) < 4.78 is 0. The SMILES string of the molecule is CC(C)CN(C)C(c1ccc(Nc2ccccc2)cc1)C(C)CCC(=O)Sc1cc(C(C)(C)C)c(O)c(C(C)(C)C)c1. The first-order valence-corrected chi connectivity index (χ1v) is 16.1. The van der Waals surface area contributed by atoms with Crippen LogP contribution in [0.4, 0.5) is 11.4 Å². The van der Waals surface area contributed by atoms with Crippen LogP contribution in [0.5, 0.6) is 5.75 Å². The van der Waals surface area contributed by atoms with Gasteiger partial charge in [-0.25, -0.2) is 0 Å². The first kappa shape index (κ1) is 33.7. The standard InChI is InChI=1S/C37H52N2O2S/c1-25(2)24-39(10)34(27-17-19-29(20-18-27)38-28-14-12-11-13-15-28)26(3)16-21-33(40)42-30-22-31(36(4,5)6)35(41)32(23-30)37(7,8)9/h11-15,17-20,22-23,25-26,34,38,41H,16,21,24H2,1-10H3. The number of carbonyl (C=O) groups is 1. The predicted octanol–water partition coefficient (Wildman–Crippen LogP) is 10.1. The van der Waals surface area contributed by atoms with Gasteiger partial charge in [0, 0.05) is 46.4 Å². The predicted molar refractivity (Wildman–Crippen MR) is 181 cm³/mol. The topological polar surface area (TPSA) is 52.6 Å². The minimum absolute atomic E-state index is 0.167. The average molecular weight is 589 g/mol. The van der Waals surface area contributed by atoms with Crippen LogP contribution in [0.25, 0.3) is 0 Å². The van der Waals surface area contributed by atoms with Gasteiger partial charge >= 0.3 is 0 Å². The van der Waals surface area contributed by atoms with Crippen LogP contribution in [0.15, 0.2) is 71.6 Å². The number of nitrogens with one attached hydrogen (secondary N) is 1. The molecular weight excluding hydrogens is 536 g/mol. The van der Waals surface area contributed by atoms with Crippen LogP contribution >= 0.6 is 11.8 Å². The molecule has 3 rings (SSSR count). The van der Waals surface area contributed by atoms with Crippen molar-refractivity contribution in [3.8, 4) is 5.75 Å². The van der Waals surface area contributed by atoms with Crippen molar-refractivity contribution in [2.45, 2.75) is 96.9 Å². The fraction of sp³-hybridized carbons (Fsp3) is 0.486. The van der Waals surface area contributed by atoms with E-state index in [1.807, 2.05) is 30.3 Å². The zero-order chi connectivity index (χ0) is 31.2. The number of hydrogen-bond donors (Lipinski definition) is 2. The normalized spacial score (nSPS) is 13.8. The second-order valence-electron chi connectivity index (χ2n) is 14.2. The molecule has 0 aliphatic carbocycles. The molecule has 0 amide bonds. The maximum absolute atomic E-state index is 13.3. The van der Waals surface area contributed by atoms with Gasteiger partial charge in [0.15, 0.2) is 5.12 Å². The third kappa shape index (κ3) is 9.37. The largest absolute Gasteiger partial charge is 0.507 e. The summed E-state index contributed by atoms with van der Waals surface area (Å²) >= 11 is 1.31. The maximum atomic E-state index is 13.3. The Morgan fingerprint density at radius 1 is 0.857 bits per heavy atom. The summed E-state index contributed by atoms with van der Waals surface area (Å²) in [5, 5.41) is 14.7. The Kier molecular flexibility index (Phi) is 11.4. The molecular formula is C37H52N2O2S. The van der Waals surface area contributed by atoms with Crippen LogP contribution < -0.4 is 5.32 Å². The summed E-state index contributed by atoms with van der Waals surface area (Å²) in [7, 11) is 2.20. The number of phenols is 1. The number of carbonyl (C=O) groups excluding carboxylic acids is 1. The number of anilines is 2. The molecule has 2 atom stereocenters. The van der Waals surface area contributed by atoms with Gasteiger partial charge < -0.3 is 10.4 Å². The van der Waals surface area contributed by atoms with Crippen molar-refractivity contribution in [2.75, 3.05) is 18.9 Å². The van der Waals surface area contributed by atoms with E-state index in [2.05, 4.69) is 116 Å². The molecule has 0 spiro atoms. The molecule has 0 fully saturated rings. The molecule has 0 bridgehead atoms. The number of nitrogens with zero attached hydrogens (tertiary/aromatic N) is 1. The Morgan fingerprint density at radius 2 is 1.38 bits per heavy atom. The third-order valence-electron chi connectivity index (χ3n) is 7.72. The van der Waals surface area contributed by atoms with Crippen LogP contribution in [0.3, 0.4) is 0 Å². The van der Waals surface area contributed by atoms with Gasteiger partial charge in [-0.15, -0.1) is 0 Å². The Hall–Kier alpha value is -2.76. The molecule has 2 unspecified atom stereocenters. The number of phenolic OH excluding ortho intramolecular Hbond substituents is 1. The van der Waals surface area contributed by atoms with E-state index in [4.69, 9.17) is 0 Å². The third-order valence-corrected chi connectivity index (χ3v) is 8.62. The van der Waals surface area contributed by atoms with Gasteiger partial charge in [-0.3, -0.25) is 9.69 Å². The summed E-state index contributed by atoms with van der Waals surface area (Å²) in [5.41, 5.74) is 4.73. The first-order valence-electron chi connectivity index (χ1n) is 15.3. The van der Waals surface area contributed by atoms with Gasteiger partial charge in [-0.2, -0.15) is 0 Å². The van der Waals surface area contributed by atoms with E-state index in [9.17, 15) is 9.90 Å². The first-order chi connectivity index (χ1) is 19.6. The van der Waals surface area contributed by atoms with Gasteiger partial charge in [0.1, 0.15) is 5.75 Å². The number of thioether (sulfide) groups is 1. The lowest BCUT2D eigenvalue weighted by Gasteiger charge is -2.34. The molecule has 42 heavy (non-hydrogen) atoms. The molecule has 5 heteroatoms. The highest BCUT2D eigenvalue weighted by Crippen LogP contribution is 2.42. The van der Waals surface area contributed by atoms with Gasteiger partial charge in [-0.05, 0) is 78.1 Å². The molecule has 228 valence electrons. The van der Waals surface area contributed by atoms with Crippen molar-refractivity contribution in [1.82, 2.24) is 4.90 Å². The fourth-order valence-corrected chi connectivity index (χ4v) is 6.49. The van der Waals surface area contributed by atoms with Crippen molar-refractivity contribution in [3.63, 3.8) is 0 Å². The Labute approximate surface area is 259 Å². The van der Waals surface area contributed by atoms with Crippen molar-refractivity contribution in [1.29, 1.82) is 0 Å². The molecule has 0 saturated carbocycles. The fourth-order valence-electron chi connectivity index (χ4n) is 5.65. The summed E-state index contributed by atoms with van der Waals surface area (Å²) in [6.07, 6.45) is 1.31. The lowest BCUT2D eigenvalue weighted by molar-refractivity contribution is -0.111. The average Bonchev–Trinajstić information content (AvgIpc) is 2.88. The minimum atomic E-state index is -0.224.